The molecule has 0 spiro atoms. The molecule has 0 bridgehead atoms. The molecular weight excluding hydrogens is 396 g/mol. The van der Waals surface area contributed by atoms with Gasteiger partial charge < -0.3 is 4.74 Å². The van der Waals surface area contributed by atoms with E-state index in [1.54, 1.807) is 19.2 Å². The first-order chi connectivity index (χ1) is 14.5. The van der Waals surface area contributed by atoms with Crippen LogP contribution in [0.1, 0.15) is 89.5 Å². The summed E-state index contributed by atoms with van der Waals surface area (Å²) < 4.78 is 37.9. The summed E-state index contributed by atoms with van der Waals surface area (Å²) in [6, 6.07) is 8.64. The molecule has 0 amide bonds. The van der Waals surface area contributed by atoms with E-state index in [1.165, 1.54) is 76.7 Å². The Morgan fingerprint density at radius 3 is 1.87 bits per heavy atom. The minimum absolute atomic E-state index is 0.0702. The lowest BCUT2D eigenvalue weighted by Crippen LogP contribution is -1.99. The van der Waals surface area contributed by atoms with Crippen molar-refractivity contribution >= 4 is 20.9 Å². The second kappa shape index (κ2) is 13.0. The largest absolute Gasteiger partial charge is 0.496 e. The number of hydrogen-bond donors (Lipinski definition) is 1. The normalized spacial score (nSPS) is 11.8. The molecule has 0 saturated carbocycles. The molecule has 5 heteroatoms. The second-order valence-corrected chi connectivity index (χ2v) is 9.67. The first-order valence-electron chi connectivity index (χ1n) is 11.5. The standard InChI is InChI=1S/C25H38O4S/c1-3-4-5-6-7-8-9-10-11-12-13-14-15-21-16-19-25(29-2)23-18-17-22(20-24(21)23)30(26,27)28/h16-20H,3-15H2,1-2H3,(H,26,27,28). The molecule has 0 aliphatic carbocycles. The molecule has 0 aliphatic rings. The van der Waals surface area contributed by atoms with Crippen molar-refractivity contribution in [2.45, 2.75) is 95.3 Å². The van der Waals surface area contributed by atoms with E-state index in [0.29, 0.717) is 5.75 Å². The van der Waals surface area contributed by atoms with Crippen molar-refractivity contribution in [1.29, 1.82) is 0 Å². The fraction of sp³-hybridized carbons (Fsp3) is 0.600. The van der Waals surface area contributed by atoms with Crippen LogP contribution in [-0.4, -0.2) is 20.1 Å². The number of rotatable bonds is 15. The SMILES string of the molecule is CCCCCCCCCCCCCCc1ccc(OC)c2ccc(S(=O)(=O)O)cc12. The van der Waals surface area contributed by atoms with E-state index in [1.807, 2.05) is 12.1 Å². The topological polar surface area (TPSA) is 63.6 Å². The summed E-state index contributed by atoms with van der Waals surface area (Å²) in [6.45, 7) is 2.26. The molecule has 4 nitrogen and oxygen atoms in total. The van der Waals surface area contributed by atoms with E-state index >= 15 is 0 Å². The van der Waals surface area contributed by atoms with E-state index in [-0.39, 0.29) is 4.90 Å². The van der Waals surface area contributed by atoms with Crippen LogP contribution in [0.15, 0.2) is 35.2 Å². The average Bonchev–Trinajstić information content (AvgIpc) is 2.73. The molecule has 30 heavy (non-hydrogen) atoms. The van der Waals surface area contributed by atoms with Gasteiger partial charge in [0.25, 0.3) is 10.1 Å². The molecule has 0 aromatic heterocycles. The lowest BCUT2D eigenvalue weighted by molar-refractivity contribution is 0.419. The van der Waals surface area contributed by atoms with Gasteiger partial charge in [-0.3, -0.25) is 4.55 Å². The van der Waals surface area contributed by atoms with Crippen molar-refractivity contribution in [3.63, 3.8) is 0 Å². The molecule has 0 fully saturated rings. The zero-order valence-corrected chi connectivity index (χ0v) is 19.5. The predicted octanol–water partition coefficient (Wildman–Crippen LogP) is 7.34. The highest BCUT2D eigenvalue weighted by molar-refractivity contribution is 7.85. The van der Waals surface area contributed by atoms with Crippen LogP contribution in [0.4, 0.5) is 0 Å². The molecule has 2 rings (SSSR count). The third-order valence-corrected chi connectivity index (χ3v) is 6.71. The summed E-state index contributed by atoms with van der Waals surface area (Å²) >= 11 is 0. The van der Waals surface area contributed by atoms with Gasteiger partial charge in [0.1, 0.15) is 5.75 Å². The fourth-order valence-electron chi connectivity index (χ4n) is 4.07. The molecule has 168 valence electrons. The van der Waals surface area contributed by atoms with Crippen molar-refractivity contribution in [2.75, 3.05) is 7.11 Å². The summed E-state index contributed by atoms with van der Waals surface area (Å²) in [5, 5.41) is 1.72. The van der Waals surface area contributed by atoms with E-state index in [9.17, 15) is 13.0 Å². The zero-order chi connectivity index (χ0) is 21.8. The molecule has 0 saturated heterocycles. The number of benzene rings is 2. The molecule has 1 N–H and O–H groups in total. The van der Waals surface area contributed by atoms with Gasteiger partial charge >= 0.3 is 0 Å². The van der Waals surface area contributed by atoms with Crippen LogP contribution < -0.4 is 4.74 Å². The number of ether oxygens (including phenoxy) is 1. The summed E-state index contributed by atoms with van der Waals surface area (Å²) in [7, 11) is -2.61. The molecule has 2 aromatic rings. The number of methoxy groups -OCH3 is 1. The van der Waals surface area contributed by atoms with Gasteiger partial charge in [-0.05, 0) is 48.1 Å². The molecule has 0 atom stereocenters. The van der Waals surface area contributed by atoms with Crippen molar-refractivity contribution in [1.82, 2.24) is 0 Å². The van der Waals surface area contributed by atoms with Gasteiger partial charge in [-0.2, -0.15) is 8.42 Å². The Bertz CT molecular complexity index is 874. The Kier molecular flexibility index (Phi) is 10.7. The van der Waals surface area contributed by atoms with Gasteiger partial charge in [0, 0.05) is 5.39 Å². The Labute approximate surface area is 182 Å². The minimum Gasteiger partial charge on any atom is -0.496 e. The number of fused-ring (bicyclic) bond motifs is 1. The van der Waals surface area contributed by atoms with Crippen LogP contribution in [0.2, 0.25) is 0 Å². The van der Waals surface area contributed by atoms with Gasteiger partial charge in [-0.1, -0.05) is 83.6 Å². The van der Waals surface area contributed by atoms with Crippen LogP contribution >= 0.6 is 0 Å². The third kappa shape index (κ3) is 7.92. The van der Waals surface area contributed by atoms with Crippen LogP contribution in [-0.2, 0) is 16.5 Å². The summed E-state index contributed by atoms with van der Waals surface area (Å²) in [6.07, 6.45) is 16.6. The van der Waals surface area contributed by atoms with E-state index in [4.69, 9.17) is 4.74 Å². The quantitative estimate of drug-likeness (QED) is 0.235. The van der Waals surface area contributed by atoms with Crippen molar-refractivity contribution in [3.8, 4) is 5.75 Å². The molecule has 0 radical (unpaired) electrons. The van der Waals surface area contributed by atoms with Crippen LogP contribution in [0.25, 0.3) is 10.8 Å². The Morgan fingerprint density at radius 1 is 0.767 bits per heavy atom. The summed E-state index contributed by atoms with van der Waals surface area (Å²) in [5.41, 5.74) is 1.10. The third-order valence-electron chi connectivity index (χ3n) is 5.86. The number of hydrogen-bond acceptors (Lipinski definition) is 3. The van der Waals surface area contributed by atoms with Gasteiger partial charge in [-0.25, -0.2) is 0 Å². The predicted molar refractivity (Wildman–Crippen MR) is 125 cm³/mol. The molecule has 0 aliphatic heterocycles. The van der Waals surface area contributed by atoms with Gasteiger partial charge in [0.2, 0.25) is 0 Å². The highest BCUT2D eigenvalue weighted by Gasteiger charge is 2.13. The lowest BCUT2D eigenvalue weighted by atomic mass is 9.98. The monoisotopic (exact) mass is 434 g/mol. The van der Waals surface area contributed by atoms with Crippen molar-refractivity contribution in [3.05, 3.63) is 35.9 Å². The molecule has 0 heterocycles. The Hall–Kier alpha value is -1.59. The minimum atomic E-state index is -4.22. The van der Waals surface area contributed by atoms with Gasteiger partial charge in [0.05, 0.1) is 12.0 Å². The molecule has 2 aromatic carbocycles. The van der Waals surface area contributed by atoms with Gasteiger partial charge in [0.15, 0.2) is 0 Å². The van der Waals surface area contributed by atoms with E-state index in [0.717, 1.165) is 29.2 Å². The number of unbranched alkanes of at least 4 members (excludes halogenated alkanes) is 11. The first kappa shape index (κ1) is 24.7. The highest BCUT2D eigenvalue weighted by atomic mass is 32.2. The fourth-order valence-corrected chi connectivity index (χ4v) is 4.58. The smallest absolute Gasteiger partial charge is 0.294 e. The maximum Gasteiger partial charge on any atom is 0.294 e. The van der Waals surface area contributed by atoms with Gasteiger partial charge in [-0.15, -0.1) is 0 Å². The maximum atomic E-state index is 11.5. The average molecular weight is 435 g/mol. The highest BCUT2D eigenvalue weighted by Crippen LogP contribution is 2.31. The summed E-state index contributed by atoms with van der Waals surface area (Å²) in [5.74, 6) is 0.713. The van der Waals surface area contributed by atoms with E-state index in [2.05, 4.69) is 6.92 Å². The van der Waals surface area contributed by atoms with E-state index < -0.39 is 10.1 Å². The van der Waals surface area contributed by atoms with Crippen LogP contribution in [0, 0.1) is 0 Å². The molecular formula is C25H38O4S. The first-order valence-corrected chi connectivity index (χ1v) is 13.0. The number of aryl methyl sites for hydroxylation is 1. The summed E-state index contributed by atoms with van der Waals surface area (Å²) in [4.78, 5) is -0.0702. The lowest BCUT2D eigenvalue weighted by Gasteiger charge is -2.12. The van der Waals surface area contributed by atoms with Crippen molar-refractivity contribution in [2.24, 2.45) is 0 Å². The maximum absolute atomic E-state index is 11.5. The van der Waals surface area contributed by atoms with Crippen molar-refractivity contribution < 1.29 is 17.7 Å². The van der Waals surface area contributed by atoms with Crippen LogP contribution in [0.3, 0.4) is 0 Å². The Morgan fingerprint density at radius 2 is 1.33 bits per heavy atom. The second-order valence-electron chi connectivity index (χ2n) is 8.25. The molecule has 0 unspecified atom stereocenters. The van der Waals surface area contributed by atoms with Crippen LogP contribution in [0.5, 0.6) is 5.75 Å². The Balaban J connectivity index is 1.79. The zero-order valence-electron chi connectivity index (χ0n) is 18.7.